The second-order valence-corrected chi connectivity index (χ2v) is 3.07. The molecule has 2 unspecified atom stereocenters. The second-order valence-electron chi connectivity index (χ2n) is 3.07. The number of hydrogen-bond acceptors (Lipinski definition) is 0. The highest BCUT2D eigenvalue weighted by Crippen LogP contribution is 2.13. The highest BCUT2D eigenvalue weighted by Gasteiger charge is 1.95. The molecule has 0 amide bonds. The van der Waals surface area contributed by atoms with Gasteiger partial charge >= 0.3 is 0 Å². The average molecular weight is 205 g/mol. The van der Waals surface area contributed by atoms with Crippen LogP contribution in [0.15, 0.2) is 24.3 Å². The van der Waals surface area contributed by atoms with Gasteiger partial charge in [-0.05, 0) is 18.4 Å². The first-order chi connectivity index (χ1) is 4.70. The fourth-order valence-corrected chi connectivity index (χ4v) is 0.951. The second kappa shape index (κ2) is 6.58. The van der Waals surface area contributed by atoms with Gasteiger partial charge in [0.05, 0.1) is 0 Å². The summed E-state index contributed by atoms with van der Waals surface area (Å²) in [6.07, 6.45) is 0. The third-order valence-electron chi connectivity index (χ3n) is 1.74. The van der Waals surface area contributed by atoms with Crippen molar-refractivity contribution in [2.45, 2.75) is 26.7 Å². The summed E-state index contributed by atoms with van der Waals surface area (Å²) in [6, 6.07) is 8.71. The highest BCUT2D eigenvalue weighted by molar-refractivity contribution is 6.92. The minimum absolute atomic E-state index is 0. The van der Waals surface area contributed by atoms with Crippen molar-refractivity contribution in [3.63, 3.8) is 0 Å². The van der Waals surface area contributed by atoms with Crippen molar-refractivity contribution in [1.29, 1.82) is 0 Å². The van der Waals surface area contributed by atoms with Gasteiger partial charge in [-0.2, -0.15) is 19.8 Å². The minimum atomic E-state index is 0. The lowest BCUT2D eigenvalue weighted by Gasteiger charge is -2.03. The van der Waals surface area contributed by atoms with Crippen LogP contribution in [-0.4, -0.2) is 0 Å². The van der Waals surface area contributed by atoms with E-state index in [9.17, 15) is 0 Å². The zero-order valence-electron chi connectivity index (χ0n) is 8.30. The average Bonchev–Trinajstić information content (AvgIpc) is 1.88. The van der Waals surface area contributed by atoms with Crippen molar-refractivity contribution in [2.24, 2.45) is 0 Å². The van der Waals surface area contributed by atoms with Gasteiger partial charge in [0, 0.05) is 1.43 Å². The van der Waals surface area contributed by atoms with E-state index in [0.717, 1.165) is 0 Å². The van der Waals surface area contributed by atoms with E-state index in [4.69, 9.17) is 0 Å². The molecule has 0 aliphatic rings. The van der Waals surface area contributed by atoms with Crippen LogP contribution in [0.25, 0.3) is 0 Å². The largest absolute Gasteiger partial charge is 0.153 e. The van der Waals surface area contributed by atoms with Crippen LogP contribution in [0.3, 0.4) is 0 Å². The van der Waals surface area contributed by atoms with Gasteiger partial charge < -0.3 is 0 Å². The molecule has 0 heterocycles. The summed E-state index contributed by atoms with van der Waals surface area (Å²) in [6.45, 7) is 6.54. The molecule has 0 aliphatic carbocycles. The molecule has 0 bridgehead atoms. The van der Waals surface area contributed by atoms with Crippen molar-refractivity contribution in [2.75, 3.05) is 0 Å². The maximum absolute atomic E-state index is 2.21. The number of rotatable bonds is 1. The van der Waals surface area contributed by atoms with E-state index >= 15 is 0 Å². The van der Waals surface area contributed by atoms with Crippen molar-refractivity contribution in [1.82, 2.24) is 0 Å². The molecule has 0 nitrogen and oxygen atoms in total. The molecular weight excluding hydrogens is 182 g/mol. The lowest BCUT2D eigenvalue weighted by atomic mass is 10.0. The Bertz CT molecular complexity index is 207. The van der Waals surface area contributed by atoms with Crippen molar-refractivity contribution in [3.05, 3.63) is 35.4 Å². The van der Waals surface area contributed by atoms with Gasteiger partial charge in [-0.3, -0.25) is 0 Å². The van der Waals surface area contributed by atoms with Crippen molar-refractivity contribution < 1.29 is 1.43 Å². The summed E-state index contributed by atoms with van der Waals surface area (Å²) in [5.74, 6) is 0.653. The van der Waals surface area contributed by atoms with Crippen LogP contribution >= 0.6 is 19.8 Å². The summed E-state index contributed by atoms with van der Waals surface area (Å²) in [5.41, 5.74) is 2.76. The van der Waals surface area contributed by atoms with E-state index in [1.54, 1.807) is 0 Å². The van der Waals surface area contributed by atoms with E-state index in [1.165, 1.54) is 11.1 Å². The molecule has 1 aromatic carbocycles. The molecule has 0 aliphatic heterocycles. The van der Waals surface area contributed by atoms with E-state index in [-0.39, 0.29) is 21.2 Å². The number of benzene rings is 1. The quantitative estimate of drug-likeness (QED) is 0.616. The Morgan fingerprint density at radius 3 is 1.75 bits per heavy atom. The predicted octanol–water partition coefficient (Wildman–Crippen LogP) is 3.48. The molecule has 1 aromatic rings. The van der Waals surface area contributed by atoms with Gasteiger partial charge in [0.1, 0.15) is 0 Å². The van der Waals surface area contributed by atoms with Gasteiger partial charge in [-0.1, -0.05) is 43.7 Å². The highest BCUT2D eigenvalue weighted by atomic mass is 31.0. The first-order valence-electron chi connectivity index (χ1n) is 3.76. The topological polar surface area (TPSA) is 0 Å². The smallest absolute Gasteiger partial charge is 0 e. The Balaban J connectivity index is -0.000000333. The van der Waals surface area contributed by atoms with Crippen LogP contribution in [0.2, 0.25) is 0 Å². The zero-order chi connectivity index (χ0) is 7.56. The molecule has 72 valence electrons. The molecule has 0 radical (unpaired) electrons. The fraction of sp³-hybridized carbons (Fsp3) is 0.400. The molecule has 0 saturated heterocycles. The van der Waals surface area contributed by atoms with E-state index in [2.05, 4.69) is 45.0 Å². The van der Waals surface area contributed by atoms with Gasteiger partial charge in [0.2, 0.25) is 0 Å². The summed E-state index contributed by atoms with van der Waals surface area (Å²) >= 11 is 0. The van der Waals surface area contributed by atoms with Crippen LogP contribution < -0.4 is 0 Å². The lowest BCUT2D eigenvalue weighted by molar-refractivity contribution is 0.866. The molecule has 0 spiro atoms. The Kier molecular flexibility index (Phi) is 8.00. The molecule has 1 rings (SSSR count). The van der Waals surface area contributed by atoms with E-state index in [1.807, 2.05) is 0 Å². The Morgan fingerprint density at radius 1 is 1.00 bits per heavy atom. The van der Waals surface area contributed by atoms with Crippen molar-refractivity contribution >= 4 is 19.8 Å². The maximum atomic E-state index is 2.21. The summed E-state index contributed by atoms with van der Waals surface area (Å²) in [5, 5.41) is 0. The van der Waals surface area contributed by atoms with Crippen molar-refractivity contribution in [3.8, 4) is 0 Å². The standard InChI is InChI=1S/C10H14.2H3P.H2/c1-8(2)10-6-4-9(3)5-7-10;;;/h4-8H,1-3H3;2*1H3;1H/i;;;1+1. The van der Waals surface area contributed by atoms with Gasteiger partial charge in [0.25, 0.3) is 0 Å². The zero-order valence-corrected chi connectivity index (χ0v) is 11.1. The van der Waals surface area contributed by atoms with Crippen LogP contribution in [0.5, 0.6) is 0 Å². The molecule has 2 heteroatoms. The SMILES string of the molecule is Cc1ccc(C(C)C)cc1.P.P.[2HH]. The van der Waals surface area contributed by atoms with Gasteiger partial charge in [-0.25, -0.2) is 0 Å². The summed E-state index contributed by atoms with van der Waals surface area (Å²) < 4.78 is 0. The lowest BCUT2D eigenvalue weighted by Crippen LogP contribution is -1.85. The fourth-order valence-electron chi connectivity index (χ4n) is 0.951. The van der Waals surface area contributed by atoms with Crippen LogP contribution in [0.4, 0.5) is 0 Å². The third-order valence-corrected chi connectivity index (χ3v) is 1.74. The Labute approximate surface area is 83.9 Å². The van der Waals surface area contributed by atoms with Crippen LogP contribution in [0, 0.1) is 6.92 Å². The third kappa shape index (κ3) is 4.19. The summed E-state index contributed by atoms with van der Waals surface area (Å²) in [7, 11) is 0. The molecular formula is C10H22P2. The van der Waals surface area contributed by atoms with E-state index in [0.29, 0.717) is 5.92 Å². The summed E-state index contributed by atoms with van der Waals surface area (Å²) in [4.78, 5) is 0. The molecule has 2 atom stereocenters. The molecule has 0 aromatic heterocycles. The van der Waals surface area contributed by atoms with Gasteiger partial charge in [-0.15, -0.1) is 0 Å². The minimum Gasteiger partial charge on any atom is -0.153 e. The number of aryl methyl sites for hydroxylation is 1. The molecule has 0 saturated carbocycles. The molecule has 0 fully saturated rings. The molecule has 12 heavy (non-hydrogen) atoms. The van der Waals surface area contributed by atoms with Crippen LogP contribution in [-0.2, 0) is 0 Å². The normalized spacial score (nSPS) is 8.67. The van der Waals surface area contributed by atoms with E-state index < -0.39 is 0 Å². The van der Waals surface area contributed by atoms with Gasteiger partial charge in [0.15, 0.2) is 0 Å². The molecule has 0 N–H and O–H groups in total. The monoisotopic (exact) mass is 205 g/mol. The maximum Gasteiger partial charge on any atom is 0 e. The predicted molar refractivity (Wildman–Crippen MR) is 69.6 cm³/mol. The first-order valence-corrected chi connectivity index (χ1v) is 3.76. The first kappa shape index (κ1) is 14.6. The van der Waals surface area contributed by atoms with Crippen LogP contribution in [0.1, 0.15) is 32.3 Å². The number of hydrogen-bond donors (Lipinski definition) is 0. The Hall–Kier alpha value is 0.0800. The Morgan fingerprint density at radius 2 is 1.42 bits per heavy atom.